The molecule has 2 aromatic heterocycles. The Morgan fingerprint density at radius 1 is 1.39 bits per heavy atom. The Kier molecular flexibility index (Phi) is 5.09. The fourth-order valence-electron chi connectivity index (χ4n) is 3.72. The van der Waals surface area contributed by atoms with E-state index in [2.05, 4.69) is 15.1 Å². The lowest BCUT2D eigenvalue weighted by Crippen LogP contribution is -2.44. The lowest BCUT2D eigenvalue weighted by atomic mass is 9.94. The molecule has 0 bridgehead atoms. The number of ether oxygens (including phenoxy) is 1. The van der Waals surface area contributed by atoms with Crippen LogP contribution >= 0.6 is 11.6 Å². The number of nitrogens with zero attached hydrogens (tertiary/aromatic N) is 4. The third kappa shape index (κ3) is 3.49. The number of carbonyl (C=O) groups is 1. The molecule has 0 radical (unpaired) electrons. The van der Waals surface area contributed by atoms with Crippen LogP contribution in [-0.2, 0) is 17.8 Å². The summed E-state index contributed by atoms with van der Waals surface area (Å²) < 4.78 is 6.97. The maximum Gasteiger partial charge on any atom is 0.228 e. The lowest BCUT2D eigenvalue weighted by molar-refractivity contribution is -0.137. The Bertz CT molecular complexity index is 965. The van der Waals surface area contributed by atoms with Gasteiger partial charge in [-0.05, 0) is 17.7 Å². The minimum Gasteiger partial charge on any atom is -0.497 e. The number of aromatic amines is 1. The molecule has 1 aliphatic heterocycles. The van der Waals surface area contributed by atoms with Crippen LogP contribution in [-0.4, -0.2) is 44.2 Å². The molecule has 1 amide bonds. The van der Waals surface area contributed by atoms with Gasteiger partial charge in [0.05, 0.1) is 42.8 Å². The molecule has 0 unspecified atom stereocenters. The van der Waals surface area contributed by atoms with Crippen molar-refractivity contribution in [2.24, 2.45) is 5.92 Å². The highest BCUT2D eigenvalue weighted by Crippen LogP contribution is 2.35. The van der Waals surface area contributed by atoms with Crippen LogP contribution < -0.4 is 4.74 Å². The van der Waals surface area contributed by atoms with E-state index < -0.39 is 0 Å². The molecular weight excluding hydrogens is 378 g/mol. The molecule has 2 atom stereocenters. The summed E-state index contributed by atoms with van der Waals surface area (Å²) in [5.74, 6) is 0.613. The highest BCUT2D eigenvalue weighted by atomic mass is 35.5. The summed E-state index contributed by atoms with van der Waals surface area (Å²) in [5, 5.41) is 4.75. The molecule has 0 aliphatic carbocycles. The number of aromatic nitrogens is 4. The second-order valence-corrected chi connectivity index (χ2v) is 7.44. The third-order valence-electron chi connectivity index (χ3n) is 5.12. The Morgan fingerprint density at radius 3 is 2.86 bits per heavy atom. The van der Waals surface area contributed by atoms with Crippen LogP contribution in [0, 0.1) is 5.92 Å². The molecule has 4 rings (SSSR count). The summed E-state index contributed by atoms with van der Waals surface area (Å²) in [6, 6.07) is 7.58. The van der Waals surface area contributed by atoms with Crippen molar-refractivity contribution in [3.63, 3.8) is 0 Å². The summed E-state index contributed by atoms with van der Waals surface area (Å²) in [7, 11) is 1.64. The maximum absolute atomic E-state index is 13.3. The SMILES string of the molecule is COc1ccc([C@H]2c3nc[nH]c3CCN2C(=O)[C@@H](C)Cn2cc(Cl)cn2)cc1. The first kappa shape index (κ1) is 18.6. The summed E-state index contributed by atoms with van der Waals surface area (Å²) in [6.45, 7) is 3.03. The van der Waals surface area contributed by atoms with Crippen LogP contribution in [0.1, 0.15) is 29.9 Å². The molecular formula is C20H22ClN5O2. The van der Waals surface area contributed by atoms with Crippen molar-refractivity contribution in [2.75, 3.05) is 13.7 Å². The summed E-state index contributed by atoms with van der Waals surface area (Å²) in [6.07, 6.45) is 5.77. The van der Waals surface area contributed by atoms with Crippen LogP contribution in [0.5, 0.6) is 5.75 Å². The second-order valence-electron chi connectivity index (χ2n) is 7.01. The first-order valence-corrected chi connectivity index (χ1v) is 9.59. The summed E-state index contributed by atoms with van der Waals surface area (Å²) >= 11 is 5.94. The molecule has 3 heterocycles. The number of fused-ring (bicyclic) bond motifs is 1. The highest BCUT2D eigenvalue weighted by Gasteiger charge is 2.35. The lowest BCUT2D eigenvalue weighted by Gasteiger charge is -2.37. The van der Waals surface area contributed by atoms with Gasteiger partial charge >= 0.3 is 0 Å². The van der Waals surface area contributed by atoms with Crippen molar-refractivity contribution < 1.29 is 9.53 Å². The average molecular weight is 400 g/mol. The molecule has 3 aromatic rings. The van der Waals surface area contributed by atoms with Gasteiger partial charge in [-0.25, -0.2) is 4.98 Å². The molecule has 1 N–H and O–H groups in total. The van der Waals surface area contributed by atoms with E-state index in [0.717, 1.165) is 29.1 Å². The number of methoxy groups -OCH3 is 1. The first-order chi connectivity index (χ1) is 13.6. The van der Waals surface area contributed by atoms with Crippen LogP contribution in [0.3, 0.4) is 0 Å². The monoisotopic (exact) mass is 399 g/mol. The molecule has 0 saturated carbocycles. The van der Waals surface area contributed by atoms with E-state index in [1.54, 1.807) is 30.5 Å². The van der Waals surface area contributed by atoms with E-state index >= 15 is 0 Å². The summed E-state index contributed by atoms with van der Waals surface area (Å²) in [4.78, 5) is 23.0. The van der Waals surface area contributed by atoms with E-state index in [9.17, 15) is 4.79 Å². The smallest absolute Gasteiger partial charge is 0.228 e. The van der Waals surface area contributed by atoms with E-state index in [0.29, 0.717) is 18.1 Å². The molecule has 7 nitrogen and oxygen atoms in total. The predicted molar refractivity (Wildman–Crippen MR) is 105 cm³/mol. The van der Waals surface area contributed by atoms with Gasteiger partial charge in [0.1, 0.15) is 11.8 Å². The van der Waals surface area contributed by atoms with E-state index in [1.165, 1.54) is 0 Å². The van der Waals surface area contributed by atoms with Gasteiger partial charge in [-0.1, -0.05) is 30.7 Å². The Labute approximate surface area is 168 Å². The second kappa shape index (κ2) is 7.67. The fourth-order valence-corrected chi connectivity index (χ4v) is 3.87. The molecule has 1 aliphatic rings. The number of benzene rings is 1. The van der Waals surface area contributed by atoms with E-state index in [4.69, 9.17) is 16.3 Å². The van der Waals surface area contributed by atoms with Crippen molar-refractivity contribution in [2.45, 2.75) is 25.9 Å². The van der Waals surface area contributed by atoms with Crippen LogP contribution in [0.2, 0.25) is 5.02 Å². The zero-order chi connectivity index (χ0) is 19.7. The standard InChI is InChI=1S/C20H22ClN5O2/c1-13(10-25-11-15(21)9-24-25)20(27)26-8-7-17-18(23-12-22-17)19(26)14-3-5-16(28-2)6-4-14/h3-6,9,11-13,19H,7-8,10H2,1-2H3,(H,22,23)/t13-,19-/m0/s1. The number of H-pyrrole nitrogens is 1. The van der Waals surface area contributed by atoms with Gasteiger partial charge in [-0.3, -0.25) is 9.48 Å². The minimum absolute atomic E-state index is 0.0705. The van der Waals surface area contributed by atoms with Crippen LogP contribution in [0.15, 0.2) is 43.0 Å². The Hall–Kier alpha value is -2.80. The largest absolute Gasteiger partial charge is 0.497 e. The molecule has 0 saturated heterocycles. The maximum atomic E-state index is 13.3. The van der Waals surface area contributed by atoms with E-state index in [1.807, 2.05) is 36.1 Å². The molecule has 8 heteroatoms. The van der Waals surface area contributed by atoms with Gasteiger partial charge in [0, 0.05) is 24.9 Å². The van der Waals surface area contributed by atoms with Crippen molar-refractivity contribution in [1.29, 1.82) is 0 Å². The number of nitrogens with one attached hydrogen (secondary N) is 1. The number of amides is 1. The van der Waals surface area contributed by atoms with Crippen molar-refractivity contribution in [3.8, 4) is 5.75 Å². The normalized spacial score (nSPS) is 17.2. The van der Waals surface area contributed by atoms with Crippen molar-refractivity contribution in [1.82, 2.24) is 24.6 Å². The van der Waals surface area contributed by atoms with Gasteiger partial charge in [-0.15, -0.1) is 0 Å². The van der Waals surface area contributed by atoms with Gasteiger partial charge in [0.2, 0.25) is 5.91 Å². The highest BCUT2D eigenvalue weighted by molar-refractivity contribution is 6.30. The van der Waals surface area contributed by atoms with Gasteiger partial charge in [-0.2, -0.15) is 5.10 Å². The van der Waals surface area contributed by atoms with Crippen molar-refractivity contribution >= 4 is 17.5 Å². The Morgan fingerprint density at radius 2 is 2.18 bits per heavy atom. The molecule has 146 valence electrons. The number of imidazole rings is 1. The number of halogens is 1. The minimum atomic E-state index is -0.239. The Balaban J connectivity index is 1.62. The third-order valence-corrected chi connectivity index (χ3v) is 5.32. The van der Waals surface area contributed by atoms with Crippen LogP contribution in [0.25, 0.3) is 0 Å². The van der Waals surface area contributed by atoms with Gasteiger partial charge in [0.15, 0.2) is 0 Å². The fraction of sp³-hybridized carbons (Fsp3) is 0.350. The topological polar surface area (TPSA) is 76.0 Å². The zero-order valence-corrected chi connectivity index (χ0v) is 16.6. The van der Waals surface area contributed by atoms with Crippen molar-refractivity contribution in [3.05, 3.63) is 65.0 Å². The number of hydrogen-bond acceptors (Lipinski definition) is 4. The number of rotatable bonds is 5. The molecule has 0 fully saturated rings. The molecule has 28 heavy (non-hydrogen) atoms. The first-order valence-electron chi connectivity index (χ1n) is 9.21. The number of carbonyl (C=O) groups excluding carboxylic acids is 1. The number of hydrogen-bond donors (Lipinski definition) is 1. The zero-order valence-electron chi connectivity index (χ0n) is 15.8. The predicted octanol–water partition coefficient (Wildman–Crippen LogP) is 3.08. The van der Waals surface area contributed by atoms with Gasteiger partial charge in [0.25, 0.3) is 0 Å². The van der Waals surface area contributed by atoms with Crippen LogP contribution in [0.4, 0.5) is 0 Å². The van der Waals surface area contributed by atoms with E-state index in [-0.39, 0.29) is 17.9 Å². The molecule has 1 aromatic carbocycles. The molecule has 0 spiro atoms. The quantitative estimate of drug-likeness (QED) is 0.715. The summed E-state index contributed by atoms with van der Waals surface area (Å²) in [5.41, 5.74) is 2.99. The average Bonchev–Trinajstić information content (AvgIpc) is 3.35. The van der Waals surface area contributed by atoms with Gasteiger partial charge < -0.3 is 14.6 Å².